The van der Waals surface area contributed by atoms with Gasteiger partial charge in [0.25, 0.3) is 0 Å². The lowest BCUT2D eigenvalue weighted by molar-refractivity contribution is 0.220. The molecule has 1 aliphatic rings. The van der Waals surface area contributed by atoms with Gasteiger partial charge in [-0.25, -0.2) is 8.42 Å². The molecule has 4 heteroatoms. The molecule has 0 spiro atoms. The Bertz CT molecular complexity index is 299. The first kappa shape index (κ1) is 15.0. The van der Waals surface area contributed by atoms with Crippen LogP contribution in [-0.4, -0.2) is 33.5 Å². The molecular weight excluding hydrogens is 234 g/mol. The standard InChI is InChI=1S/C13H27NO2S/c1-3-17(15,16)10-6-9-12-7-4-5-8-13(12)11-14-2/h12-14H,3-11H2,1-2H3. The van der Waals surface area contributed by atoms with Crippen LogP contribution in [0.15, 0.2) is 0 Å². The normalized spacial score (nSPS) is 26.0. The third kappa shape index (κ3) is 5.38. The third-order valence-corrected chi connectivity index (χ3v) is 5.79. The minimum Gasteiger partial charge on any atom is -0.319 e. The van der Waals surface area contributed by atoms with E-state index in [0.29, 0.717) is 5.75 Å². The molecule has 0 aromatic rings. The highest BCUT2D eigenvalue weighted by molar-refractivity contribution is 7.91. The molecule has 1 N–H and O–H groups in total. The van der Waals surface area contributed by atoms with Gasteiger partial charge in [0.05, 0.1) is 5.75 Å². The van der Waals surface area contributed by atoms with Gasteiger partial charge in [-0.05, 0) is 44.7 Å². The van der Waals surface area contributed by atoms with Crippen molar-refractivity contribution in [2.24, 2.45) is 11.8 Å². The first-order valence-corrected chi connectivity index (χ1v) is 8.76. The van der Waals surface area contributed by atoms with Crippen molar-refractivity contribution < 1.29 is 8.42 Å². The van der Waals surface area contributed by atoms with Crippen LogP contribution in [0.2, 0.25) is 0 Å². The molecule has 1 aliphatic carbocycles. The minimum atomic E-state index is -2.77. The van der Waals surface area contributed by atoms with Gasteiger partial charge in [0.1, 0.15) is 9.84 Å². The molecule has 0 aromatic carbocycles. The Morgan fingerprint density at radius 1 is 1.18 bits per heavy atom. The van der Waals surface area contributed by atoms with Gasteiger partial charge in [-0.3, -0.25) is 0 Å². The van der Waals surface area contributed by atoms with Gasteiger partial charge in [-0.2, -0.15) is 0 Å². The second-order valence-corrected chi connectivity index (χ2v) is 7.71. The van der Waals surface area contributed by atoms with Gasteiger partial charge in [0.2, 0.25) is 0 Å². The third-order valence-electron chi connectivity index (χ3n) is 4.00. The summed E-state index contributed by atoms with van der Waals surface area (Å²) in [6.07, 6.45) is 7.21. The van der Waals surface area contributed by atoms with E-state index in [2.05, 4.69) is 5.32 Å². The molecule has 0 aromatic heterocycles. The SMILES string of the molecule is CCS(=O)(=O)CCCC1CCCCC1CNC. The molecule has 0 aliphatic heterocycles. The highest BCUT2D eigenvalue weighted by atomic mass is 32.2. The van der Waals surface area contributed by atoms with E-state index in [-0.39, 0.29) is 5.75 Å². The molecule has 102 valence electrons. The van der Waals surface area contributed by atoms with Crippen molar-refractivity contribution in [2.75, 3.05) is 25.1 Å². The number of nitrogens with one attached hydrogen (secondary N) is 1. The van der Waals surface area contributed by atoms with Crippen LogP contribution < -0.4 is 5.32 Å². The predicted octanol–water partition coefficient (Wildman–Crippen LogP) is 2.23. The molecule has 0 heterocycles. The molecule has 2 unspecified atom stereocenters. The molecular formula is C13H27NO2S. The number of hydrogen-bond donors (Lipinski definition) is 1. The van der Waals surface area contributed by atoms with E-state index in [1.54, 1.807) is 6.92 Å². The van der Waals surface area contributed by atoms with Crippen LogP contribution >= 0.6 is 0 Å². The highest BCUT2D eigenvalue weighted by Crippen LogP contribution is 2.32. The Morgan fingerprint density at radius 3 is 2.41 bits per heavy atom. The maximum absolute atomic E-state index is 11.4. The lowest BCUT2D eigenvalue weighted by Gasteiger charge is -2.31. The summed E-state index contributed by atoms with van der Waals surface area (Å²) in [6.45, 7) is 2.82. The van der Waals surface area contributed by atoms with Crippen molar-refractivity contribution in [1.29, 1.82) is 0 Å². The number of rotatable bonds is 7. The van der Waals surface area contributed by atoms with Gasteiger partial charge in [-0.15, -0.1) is 0 Å². The van der Waals surface area contributed by atoms with Gasteiger partial charge < -0.3 is 5.32 Å². The van der Waals surface area contributed by atoms with Crippen LogP contribution in [0.1, 0.15) is 45.4 Å². The summed E-state index contributed by atoms with van der Waals surface area (Å²) in [7, 11) is -0.759. The van der Waals surface area contributed by atoms with Crippen molar-refractivity contribution in [3.63, 3.8) is 0 Å². The van der Waals surface area contributed by atoms with Crippen molar-refractivity contribution in [3.05, 3.63) is 0 Å². The topological polar surface area (TPSA) is 46.2 Å². The molecule has 2 atom stereocenters. The molecule has 1 fully saturated rings. The zero-order valence-electron chi connectivity index (χ0n) is 11.2. The summed E-state index contributed by atoms with van der Waals surface area (Å²) >= 11 is 0. The van der Waals surface area contributed by atoms with E-state index in [9.17, 15) is 8.42 Å². The fourth-order valence-electron chi connectivity index (χ4n) is 2.91. The Kier molecular flexibility index (Phi) is 6.49. The second-order valence-electron chi connectivity index (χ2n) is 5.24. The van der Waals surface area contributed by atoms with Gasteiger partial charge in [0.15, 0.2) is 0 Å². The lowest BCUT2D eigenvalue weighted by atomic mass is 9.77. The smallest absolute Gasteiger partial charge is 0.150 e. The Balaban J connectivity index is 2.33. The average Bonchev–Trinajstić information content (AvgIpc) is 2.31. The molecule has 17 heavy (non-hydrogen) atoms. The number of hydrogen-bond acceptors (Lipinski definition) is 3. The summed E-state index contributed by atoms with van der Waals surface area (Å²) < 4.78 is 22.9. The van der Waals surface area contributed by atoms with E-state index in [0.717, 1.165) is 31.2 Å². The van der Waals surface area contributed by atoms with Crippen LogP contribution in [0, 0.1) is 11.8 Å². The molecule has 0 saturated heterocycles. The summed E-state index contributed by atoms with van der Waals surface area (Å²) in [5.74, 6) is 2.17. The Hall–Kier alpha value is -0.0900. The van der Waals surface area contributed by atoms with E-state index < -0.39 is 9.84 Å². The maximum atomic E-state index is 11.4. The zero-order valence-corrected chi connectivity index (χ0v) is 12.1. The maximum Gasteiger partial charge on any atom is 0.150 e. The molecule has 1 saturated carbocycles. The molecule has 3 nitrogen and oxygen atoms in total. The molecule has 0 amide bonds. The fraction of sp³-hybridized carbons (Fsp3) is 1.00. The molecule has 0 bridgehead atoms. The first-order chi connectivity index (χ1) is 8.09. The lowest BCUT2D eigenvalue weighted by Crippen LogP contribution is -2.29. The highest BCUT2D eigenvalue weighted by Gasteiger charge is 2.24. The second kappa shape index (κ2) is 7.37. The Morgan fingerprint density at radius 2 is 1.82 bits per heavy atom. The summed E-state index contributed by atoms with van der Waals surface area (Å²) in [6, 6.07) is 0. The van der Waals surface area contributed by atoms with E-state index in [1.807, 2.05) is 7.05 Å². The van der Waals surface area contributed by atoms with Crippen LogP contribution in [0.3, 0.4) is 0 Å². The minimum absolute atomic E-state index is 0.289. The monoisotopic (exact) mass is 261 g/mol. The van der Waals surface area contributed by atoms with E-state index in [1.165, 1.54) is 25.7 Å². The van der Waals surface area contributed by atoms with E-state index >= 15 is 0 Å². The summed E-state index contributed by atoms with van der Waals surface area (Å²) in [5, 5.41) is 3.27. The average molecular weight is 261 g/mol. The zero-order chi connectivity index (χ0) is 12.7. The van der Waals surface area contributed by atoms with Crippen molar-refractivity contribution in [2.45, 2.75) is 45.4 Å². The molecule has 1 rings (SSSR count). The fourth-order valence-corrected chi connectivity index (χ4v) is 3.80. The quantitative estimate of drug-likeness (QED) is 0.764. The van der Waals surface area contributed by atoms with Gasteiger partial charge >= 0.3 is 0 Å². The van der Waals surface area contributed by atoms with Crippen molar-refractivity contribution >= 4 is 9.84 Å². The first-order valence-electron chi connectivity index (χ1n) is 6.94. The number of sulfone groups is 1. The van der Waals surface area contributed by atoms with Crippen LogP contribution in [0.5, 0.6) is 0 Å². The predicted molar refractivity (Wildman–Crippen MR) is 72.9 cm³/mol. The van der Waals surface area contributed by atoms with Crippen molar-refractivity contribution in [3.8, 4) is 0 Å². The largest absolute Gasteiger partial charge is 0.319 e. The van der Waals surface area contributed by atoms with Crippen molar-refractivity contribution in [1.82, 2.24) is 5.32 Å². The molecule has 0 radical (unpaired) electrons. The van der Waals surface area contributed by atoms with Crippen LogP contribution in [0.25, 0.3) is 0 Å². The van der Waals surface area contributed by atoms with E-state index in [4.69, 9.17) is 0 Å². The van der Waals surface area contributed by atoms with Crippen LogP contribution in [-0.2, 0) is 9.84 Å². The van der Waals surface area contributed by atoms with Gasteiger partial charge in [0, 0.05) is 5.75 Å². The summed E-state index contributed by atoms with van der Waals surface area (Å²) in [4.78, 5) is 0. The van der Waals surface area contributed by atoms with Crippen LogP contribution in [0.4, 0.5) is 0 Å². The summed E-state index contributed by atoms with van der Waals surface area (Å²) in [5.41, 5.74) is 0. The Labute approximate surface area is 106 Å². The van der Waals surface area contributed by atoms with Gasteiger partial charge in [-0.1, -0.05) is 26.2 Å².